The first kappa shape index (κ1) is 14.9. The Morgan fingerprint density at radius 1 is 1.30 bits per heavy atom. The highest BCUT2D eigenvalue weighted by atomic mass is 32.2. The van der Waals surface area contributed by atoms with Crippen molar-refractivity contribution in [3.8, 4) is 0 Å². The van der Waals surface area contributed by atoms with E-state index in [4.69, 9.17) is 5.11 Å². The van der Waals surface area contributed by atoms with Gasteiger partial charge in [0.2, 0.25) is 10.0 Å². The molecule has 1 fully saturated rings. The zero-order chi connectivity index (χ0) is 14.9. The average Bonchev–Trinajstić information content (AvgIpc) is 2.84. The van der Waals surface area contributed by atoms with Gasteiger partial charge in [-0.1, -0.05) is 0 Å². The maximum atomic E-state index is 12.9. The number of halogens is 1. The van der Waals surface area contributed by atoms with Crippen LogP contribution in [0.5, 0.6) is 0 Å². The van der Waals surface area contributed by atoms with Crippen LogP contribution in [-0.2, 0) is 14.8 Å². The summed E-state index contributed by atoms with van der Waals surface area (Å²) in [4.78, 5) is 11.0. The van der Waals surface area contributed by atoms with E-state index in [-0.39, 0.29) is 17.7 Å². The first-order valence-electron chi connectivity index (χ1n) is 6.00. The first-order valence-corrected chi connectivity index (χ1v) is 7.44. The van der Waals surface area contributed by atoms with Gasteiger partial charge in [0.15, 0.2) is 0 Å². The lowest BCUT2D eigenvalue weighted by Gasteiger charge is -2.26. The molecule has 1 aliphatic rings. The molecule has 0 saturated carbocycles. The van der Waals surface area contributed by atoms with Crippen LogP contribution in [0.15, 0.2) is 29.2 Å². The molecule has 1 aromatic rings. The van der Waals surface area contributed by atoms with Gasteiger partial charge in [0.05, 0.1) is 11.5 Å². The minimum Gasteiger partial charge on any atom is -0.480 e. The lowest BCUT2D eigenvalue weighted by atomic mass is 10.2. The standard InChI is InChI=1S/C12H14FNO5S/c13-8-1-4-10(5-2-8)20(18,19)14-9(7-15)3-6-11(14)12(16)17/h1-2,4-5,9,11,15H,3,6-7H2,(H,16,17). The molecule has 1 aromatic carbocycles. The Morgan fingerprint density at radius 2 is 1.90 bits per heavy atom. The van der Waals surface area contributed by atoms with Crippen LogP contribution in [0.1, 0.15) is 12.8 Å². The molecule has 6 nitrogen and oxygen atoms in total. The van der Waals surface area contributed by atoms with Crippen LogP contribution in [0, 0.1) is 5.82 Å². The summed E-state index contributed by atoms with van der Waals surface area (Å²) < 4.78 is 38.6. The lowest BCUT2D eigenvalue weighted by Crippen LogP contribution is -2.46. The molecule has 1 saturated heterocycles. The van der Waals surface area contributed by atoms with Gasteiger partial charge in [-0.2, -0.15) is 4.31 Å². The van der Waals surface area contributed by atoms with E-state index in [1.165, 1.54) is 0 Å². The van der Waals surface area contributed by atoms with Crippen molar-refractivity contribution >= 4 is 16.0 Å². The normalized spacial score (nSPS) is 23.9. The Balaban J connectivity index is 2.44. The third-order valence-electron chi connectivity index (χ3n) is 3.33. The minimum absolute atomic E-state index is 0.140. The smallest absolute Gasteiger partial charge is 0.322 e. The van der Waals surface area contributed by atoms with Crippen molar-refractivity contribution in [3.63, 3.8) is 0 Å². The van der Waals surface area contributed by atoms with Crippen LogP contribution in [0.25, 0.3) is 0 Å². The van der Waals surface area contributed by atoms with E-state index in [1.807, 2.05) is 0 Å². The van der Waals surface area contributed by atoms with Crippen molar-refractivity contribution in [2.24, 2.45) is 0 Å². The summed E-state index contributed by atoms with van der Waals surface area (Å²) in [6, 6.07) is 2.17. The molecule has 1 aliphatic heterocycles. The number of aliphatic hydroxyl groups excluding tert-OH is 1. The van der Waals surface area contributed by atoms with Crippen LogP contribution in [0.4, 0.5) is 4.39 Å². The van der Waals surface area contributed by atoms with Gasteiger partial charge in [0.25, 0.3) is 0 Å². The number of carbonyl (C=O) groups is 1. The van der Waals surface area contributed by atoms with E-state index < -0.39 is 40.5 Å². The molecule has 2 unspecified atom stereocenters. The zero-order valence-electron chi connectivity index (χ0n) is 10.4. The van der Waals surface area contributed by atoms with Gasteiger partial charge in [-0.3, -0.25) is 4.79 Å². The predicted molar refractivity (Wildman–Crippen MR) is 67.0 cm³/mol. The Morgan fingerprint density at radius 3 is 2.40 bits per heavy atom. The highest BCUT2D eigenvalue weighted by Gasteiger charge is 2.45. The molecule has 0 spiro atoms. The highest BCUT2D eigenvalue weighted by Crippen LogP contribution is 2.31. The Kier molecular flexibility index (Phi) is 4.07. The molecule has 0 aliphatic carbocycles. The van der Waals surface area contributed by atoms with E-state index in [2.05, 4.69) is 0 Å². The second kappa shape index (κ2) is 5.47. The SMILES string of the molecule is O=C(O)C1CCC(CO)N1S(=O)(=O)c1ccc(F)cc1. The summed E-state index contributed by atoms with van der Waals surface area (Å²) in [6.45, 7) is -0.454. The fourth-order valence-corrected chi connectivity index (χ4v) is 4.17. The zero-order valence-corrected chi connectivity index (χ0v) is 11.3. The summed E-state index contributed by atoms with van der Waals surface area (Å²) in [5, 5.41) is 18.3. The molecule has 8 heteroatoms. The van der Waals surface area contributed by atoms with Crippen molar-refractivity contribution in [1.82, 2.24) is 4.31 Å². The Bertz CT molecular complexity index is 601. The second-order valence-electron chi connectivity index (χ2n) is 4.56. The highest BCUT2D eigenvalue weighted by molar-refractivity contribution is 7.89. The van der Waals surface area contributed by atoms with Gasteiger partial charge < -0.3 is 10.2 Å². The van der Waals surface area contributed by atoms with E-state index >= 15 is 0 Å². The molecule has 1 heterocycles. The van der Waals surface area contributed by atoms with Crippen LogP contribution >= 0.6 is 0 Å². The topological polar surface area (TPSA) is 94.9 Å². The molecule has 0 amide bonds. The van der Waals surface area contributed by atoms with Gasteiger partial charge in [0, 0.05) is 6.04 Å². The van der Waals surface area contributed by atoms with Crippen molar-refractivity contribution < 1.29 is 27.8 Å². The van der Waals surface area contributed by atoms with Gasteiger partial charge >= 0.3 is 5.97 Å². The molecule has 0 bridgehead atoms. The average molecular weight is 303 g/mol. The summed E-state index contributed by atoms with van der Waals surface area (Å²) in [6.07, 6.45) is 0.412. The molecule has 2 atom stereocenters. The third-order valence-corrected chi connectivity index (χ3v) is 5.30. The van der Waals surface area contributed by atoms with E-state index in [1.54, 1.807) is 0 Å². The number of aliphatic hydroxyl groups is 1. The van der Waals surface area contributed by atoms with Gasteiger partial charge in [-0.25, -0.2) is 12.8 Å². The molecular formula is C12H14FNO5S. The molecule has 20 heavy (non-hydrogen) atoms. The van der Waals surface area contributed by atoms with Gasteiger partial charge in [0.1, 0.15) is 11.9 Å². The number of carboxylic acid groups (broad SMARTS) is 1. The lowest BCUT2D eigenvalue weighted by molar-refractivity contribution is -0.141. The molecule has 2 rings (SSSR count). The van der Waals surface area contributed by atoms with Crippen molar-refractivity contribution in [1.29, 1.82) is 0 Å². The van der Waals surface area contributed by atoms with Crippen molar-refractivity contribution in [2.45, 2.75) is 29.8 Å². The molecule has 110 valence electrons. The first-order chi connectivity index (χ1) is 9.37. The van der Waals surface area contributed by atoms with E-state index in [0.29, 0.717) is 0 Å². The van der Waals surface area contributed by atoms with Crippen molar-refractivity contribution in [3.05, 3.63) is 30.1 Å². The fourth-order valence-electron chi connectivity index (χ4n) is 2.36. The monoisotopic (exact) mass is 303 g/mol. The summed E-state index contributed by atoms with van der Waals surface area (Å²) in [5.74, 6) is -1.84. The number of sulfonamides is 1. The van der Waals surface area contributed by atoms with Gasteiger partial charge in [-0.15, -0.1) is 0 Å². The number of benzene rings is 1. The minimum atomic E-state index is -4.09. The number of nitrogens with zero attached hydrogens (tertiary/aromatic N) is 1. The molecule has 0 aromatic heterocycles. The van der Waals surface area contributed by atoms with E-state index in [9.17, 15) is 22.7 Å². The third kappa shape index (κ3) is 2.54. The number of rotatable bonds is 4. The summed E-state index contributed by atoms with van der Waals surface area (Å²) >= 11 is 0. The second-order valence-corrected chi connectivity index (χ2v) is 6.40. The summed E-state index contributed by atoms with van der Waals surface area (Å²) in [7, 11) is -4.09. The number of carboxylic acids is 1. The largest absolute Gasteiger partial charge is 0.480 e. The van der Waals surface area contributed by atoms with Gasteiger partial charge in [-0.05, 0) is 37.1 Å². The molecule has 0 radical (unpaired) electrons. The number of aliphatic carboxylic acids is 1. The van der Waals surface area contributed by atoms with E-state index in [0.717, 1.165) is 28.6 Å². The maximum Gasteiger partial charge on any atom is 0.322 e. The van der Waals surface area contributed by atoms with Crippen LogP contribution in [-0.4, -0.2) is 47.6 Å². The predicted octanol–water partition coefficient (Wildman–Crippen LogP) is 0.424. The van der Waals surface area contributed by atoms with Crippen LogP contribution in [0.2, 0.25) is 0 Å². The number of hydrogen-bond donors (Lipinski definition) is 2. The molecular weight excluding hydrogens is 289 g/mol. The fraction of sp³-hybridized carbons (Fsp3) is 0.417. The van der Waals surface area contributed by atoms with Crippen LogP contribution < -0.4 is 0 Å². The number of hydrogen-bond acceptors (Lipinski definition) is 4. The van der Waals surface area contributed by atoms with Crippen LogP contribution in [0.3, 0.4) is 0 Å². The summed E-state index contributed by atoms with van der Waals surface area (Å²) in [5.41, 5.74) is 0. The molecule has 2 N–H and O–H groups in total. The van der Waals surface area contributed by atoms with Crippen molar-refractivity contribution in [2.75, 3.05) is 6.61 Å². The quantitative estimate of drug-likeness (QED) is 0.841. The Labute approximate surface area is 115 Å². The maximum absolute atomic E-state index is 12.9. The Hall–Kier alpha value is -1.51.